The fraction of sp³-hybridized carbons (Fsp3) is 0.500. The quantitative estimate of drug-likeness (QED) is 0.764. The lowest BCUT2D eigenvalue weighted by Gasteiger charge is -2.18. The molecular weight excluding hydrogens is 190 g/mol. The van der Waals surface area contributed by atoms with E-state index in [1.165, 1.54) is 11.1 Å². The van der Waals surface area contributed by atoms with E-state index >= 15 is 0 Å². The molecule has 0 radical (unpaired) electrons. The zero-order valence-corrected chi connectivity index (χ0v) is 8.78. The summed E-state index contributed by atoms with van der Waals surface area (Å²) in [6.45, 7) is 1.84. The highest BCUT2D eigenvalue weighted by Crippen LogP contribution is 2.18. The van der Waals surface area contributed by atoms with Crippen LogP contribution in [0.4, 0.5) is 0 Å². The number of fused-ring (bicyclic) bond motifs is 1. The number of hydrogen-bond acceptors (Lipinski definition) is 3. The van der Waals surface area contributed by atoms with Crippen molar-refractivity contribution in [2.24, 2.45) is 5.73 Å². The summed E-state index contributed by atoms with van der Waals surface area (Å²) in [4.78, 5) is 0. The van der Waals surface area contributed by atoms with Crippen molar-refractivity contribution in [1.82, 2.24) is 0 Å². The molecular formula is C12H17NO2. The molecule has 1 aliphatic rings. The number of ether oxygens (including phenoxy) is 1. The van der Waals surface area contributed by atoms with Crippen LogP contribution in [0.2, 0.25) is 0 Å². The van der Waals surface area contributed by atoms with E-state index in [4.69, 9.17) is 10.5 Å². The molecule has 0 aromatic heterocycles. The summed E-state index contributed by atoms with van der Waals surface area (Å²) < 4.78 is 5.37. The normalized spacial score (nSPS) is 17.2. The van der Waals surface area contributed by atoms with Gasteiger partial charge in [0.25, 0.3) is 0 Å². The lowest BCUT2D eigenvalue weighted by molar-refractivity contribution is 0.110. The SMILES string of the molecule is NCC(O)Cc1ccc2c(c1)CCOC2. The molecule has 0 saturated heterocycles. The fourth-order valence-electron chi connectivity index (χ4n) is 1.90. The zero-order chi connectivity index (χ0) is 10.7. The summed E-state index contributed by atoms with van der Waals surface area (Å²) in [7, 11) is 0. The summed E-state index contributed by atoms with van der Waals surface area (Å²) in [5.74, 6) is 0. The van der Waals surface area contributed by atoms with Crippen molar-refractivity contribution in [3.63, 3.8) is 0 Å². The van der Waals surface area contributed by atoms with Gasteiger partial charge in [-0.2, -0.15) is 0 Å². The van der Waals surface area contributed by atoms with Gasteiger partial charge in [0.2, 0.25) is 0 Å². The number of rotatable bonds is 3. The number of aliphatic hydroxyl groups excluding tert-OH is 1. The molecule has 82 valence electrons. The van der Waals surface area contributed by atoms with Gasteiger partial charge in [0.15, 0.2) is 0 Å². The van der Waals surface area contributed by atoms with Crippen LogP contribution in [-0.4, -0.2) is 24.4 Å². The van der Waals surface area contributed by atoms with Crippen LogP contribution in [0.15, 0.2) is 18.2 Å². The molecule has 3 N–H and O–H groups in total. The zero-order valence-electron chi connectivity index (χ0n) is 8.78. The Bertz CT molecular complexity index is 338. The number of aliphatic hydroxyl groups is 1. The Hall–Kier alpha value is -0.900. The highest BCUT2D eigenvalue weighted by molar-refractivity contribution is 5.33. The van der Waals surface area contributed by atoms with E-state index < -0.39 is 6.10 Å². The summed E-state index contributed by atoms with van der Waals surface area (Å²) in [6, 6.07) is 6.30. The van der Waals surface area contributed by atoms with Crippen molar-refractivity contribution in [2.75, 3.05) is 13.2 Å². The van der Waals surface area contributed by atoms with Crippen LogP contribution in [0.5, 0.6) is 0 Å². The predicted octanol–water partition coefficient (Wildman–Crippen LogP) is 0.621. The second-order valence-corrected chi connectivity index (χ2v) is 4.00. The minimum atomic E-state index is -0.428. The highest BCUT2D eigenvalue weighted by Gasteiger charge is 2.10. The van der Waals surface area contributed by atoms with Gasteiger partial charge in [-0.1, -0.05) is 18.2 Å². The molecule has 1 aromatic carbocycles. The second-order valence-electron chi connectivity index (χ2n) is 4.00. The summed E-state index contributed by atoms with van der Waals surface area (Å²) in [6.07, 6.45) is 1.19. The topological polar surface area (TPSA) is 55.5 Å². The monoisotopic (exact) mass is 207 g/mol. The fourth-order valence-corrected chi connectivity index (χ4v) is 1.90. The predicted molar refractivity (Wildman–Crippen MR) is 58.6 cm³/mol. The molecule has 1 aromatic rings. The largest absolute Gasteiger partial charge is 0.391 e. The summed E-state index contributed by atoms with van der Waals surface area (Å²) in [5, 5.41) is 9.47. The molecule has 2 rings (SSSR count). The Morgan fingerprint density at radius 1 is 1.40 bits per heavy atom. The van der Waals surface area contributed by atoms with E-state index in [1.54, 1.807) is 0 Å². The standard InChI is InChI=1S/C12H17NO2/c13-7-12(14)6-9-1-2-11-8-15-4-3-10(11)5-9/h1-2,5,12,14H,3-4,6-8,13H2. The number of benzene rings is 1. The molecule has 0 amide bonds. The molecule has 0 bridgehead atoms. The Labute approximate surface area is 89.9 Å². The van der Waals surface area contributed by atoms with Crippen LogP contribution in [0.3, 0.4) is 0 Å². The first kappa shape index (κ1) is 10.6. The summed E-state index contributed by atoms with van der Waals surface area (Å²) >= 11 is 0. The lowest BCUT2D eigenvalue weighted by Crippen LogP contribution is -2.22. The van der Waals surface area contributed by atoms with Gasteiger partial charge in [-0.05, 0) is 29.5 Å². The third-order valence-corrected chi connectivity index (χ3v) is 2.79. The van der Waals surface area contributed by atoms with Gasteiger partial charge < -0.3 is 15.6 Å². The van der Waals surface area contributed by atoms with Crippen LogP contribution >= 0.6 is 0 Å². The maximum atomic E-state index is 9.47. The third kappa shape index (κ3) is 2.56. The van der Waals surface area contributed by atoms with Crippen LogP contribution in [0.1, 0.15) is 16.7 Å². The lowest BCUT2D eigenvalue weighted by atomic mass is 9.98. The first-order valence-electron chi connectivity index (χ1n) is 5.36. The molecule has 1 aliphatic heterocycles. The molecule has 0 saturated carbocycles. The smallest absolute Gasteiger partial charge is 0.0719 e. The minimum Gasteiger partial charge on any atom is -0.391 e. The van der Waals surface area contributed by atoms with E-state index in [0.717, 1.165) is 25.2 Å². The van der Waals surface area contributed by atoms with E-state index in [1.807, 2.05) is 6.07 Å². The van der Waals surface area contributed by atoms with Crippen molar-refractivity contribution in [3.8, 4) is 0 Å². The Morgan fingerprint density at radius 3 is 3.07 bits per heavy atom. The molecule has 1 heterocycles. The van der Waals surface area contributed by atoms with Crippen LogP contribution in [0.25, 0.3) is 0 Å². The van der Waals surface area contributed by atoms with E-state index in [2.05, 4.69) is 12.1 Å². The Balaban J connectivity index is 2.13. The maximum absolute atomic E-state index is 9.47. The summed E-state index contributed by atoms with van der Waals surface area (Å²) in [5.41, 5.74) is 9.17. The van der Waals surface area contributed by atoms with Gasteiger partial charge in [-0.15, -0.1) is 0 Å². The Morgan fingerprint density at radius 2 is 2.27 bits per heavy atom. The van der Waals surface area contributed by atoms with Gasteiger partial charge in [0.1, 0.15) is 0 Å². The molecule has 15 heavy (non-hydrogen) atoms. The second kappa shape index (κ2) is 4.75. The molecule has 1 atom stereocenters. The van der Waals surface area contributed by atoms with Crippen molar-refractivity contribution >= 4 is 0 Å². The Kier molecular flexibility index (Phi) is 3.36. The van der Waals surface area contributed by atoms with E-state index in [0.29, 0.717) is 13.0 Å². The number of hydrogen-bond donors (Lipinski definition) is 2. The first-order valence-corrected chi connectivity index (χ1v) is 5.36. The van der Waals surface area contributed by atoms with E-state index in [9.17, 15) is 5.11 Å². The average molecular weight is 207 g/mol. The van der Waals surface area contributed by atoms with Crippen molar-refractivity contribution < 1.29 is 9.84 Å². The highest BCUT2D eigenvalue weighted by atomic mass is 16.5. The van der Waals surface area contributed by atoms with Gasteiger partial charge in [-0.3, -0.25) is 0 Å². The van der Waals surface area contributed by atoms with Crippen molar-refractivity contribution in [3.05, 3.63) is 34.9 Å². The van der Waals surface area contributed by atoms with Crippen molar-refractivity contribution in [1.29, 1.82) is 0 Å². The molecule has 3 heteroatoms. The van der Waals surface area contributed by atoms with Gasteiger partial charge in [0, 0.05) is 6.54 Å². The van der Waals surface area contributed by atoms with Crippen molar-refractivity contribution in [2.45, 2.75) is 25.6 Å². The maximum Gasteiger partial charge on any atom is 0.0719 e. The molecule has 0 spiro atoms. The molecule has 0 fully saturated rings. The third-order valence-electron chi connectivity index (χ3n) is 2.79. The minimum absolute atomic E-state index is 0.320. The van der Waals surface area contributed by atoms with Gasteiger partial charge >= 0.3 is 0 Å². The first-order chi connectivity index (χ1) is 7.29. The van der Waals surface area contributed by atoms with Crippen LogP contribution < -0.4 is 5.73 Å². The van der Waals surface area contributed by atoms with Crippen LogP contribution in [-0.2, 0) is 24.2 Å². The van der Waals surface area contributed by atoms with Gasteiger partial charge in [0.05, 0.1) is 19.3 Å². The average Bonchev–Trinajstić information content (AvgIpc) is 2.29. The number of nitrogens with two attached hydrogens (primary N) is 1. The van der Waals surface area contributed by atoms with Crippen LogP contribution in [0, 0.1) is 0 Å². The van der Waals surface area contributed by atoms with E-state index in [-0.39, 0.29) is 0 Å². The molecule has 1 unspecified atom stereocenters. The molecule has 0 aliphatic carbocycles. The molecule has 3 nitrogen and oxygen atoms in total. The van der Waals surface area contributed by atoms with Gasteiger partial charge in [-0.25, -0.2) is 0 Å².